The summed E-state index contributed by atoms with van der Waals surface area (Å²) in [6.45, 7) is 5.24. The summed E-state index contributed by atoms with van der Waals surface area (Å²) in [6, 6.07) is 6.40. The third kappa shape index (κ3) is 3.41. The van der Waals surface area contributed by atoms with Gasteiger partial charge in [-0.15, -0.1) is 0 Å². The summed E-state index contributed by atoms with van der Waals surface area (Å²) >= 11 is 6.38. The molecule has 0 bridgehead atoms. The van der Waals surface area contributed by atoms with Crippen molar-refractivity contribution in [2.75, 3.05) is 7.05 Å². The molecule has 1 aromatic carbocycles. The Morgan fingerprint density at radius 1 is 1.40 bits per heavy atom. The number of benzene rings is 1. The highest BCUT2D eigenvalue weighted by Crippen LogP contribution is 2.26. The smallest absolute Gasteiger partial charge is 0.110 e. The molecule has 1 heterocycles. The van der Waals surface area contributed by atoms with Gasteiger partial charge in [-0.05, 0) is 37.6 Å². The Labute approximate surface area is 126 Å². The highest BCUT2D eigenvalue weighted by Gasteiger charge is 2.16. The summed E-state index contributed by atoms with van der Waals surface area (Å²) < 4.78 is 2.21. The molecule has 2 aromatic rings. The van der Waals surface area contributed by atoms with Gasteiger partial charge in [0.15, 0.2) is 0 Å². The highest BCUT2D eigenvalue weighted by molar-refractivity contribution is 6.31. The van der Waals surface area contributed by atoms with Crippen molar-refractivity contribution < 1.29 is 0 Å². The molecule has 20 heavy (non-hydrogen) atoms. The number of imidazole rings is 1. The number of hydrogen-bond acceptors (Lipinski definition) is 2. The molecule has 0 radical (unpaired) electrons. The summed E-state index contributed by atoms with van der Waals surface area (Å²) in [7, 11) is 1.97. The molecule has 0 spiro atoms. The third-order valence-electron chi connectivity index (χ3n) is 3.53. The van der Waals surface area contributed by atoms with Crippen molar-refractivity contribution in [2.45, 2.75) is 39.3 Å². The van der Waals surface area contributed by atoms with Crippen LogP contribution in [0.4, 0.5) is 0 Å². The van der Waals surface area contributed by atoms with Gasteiger partial charge in [-0.3, -0.25) is 0 Å². The van der Waals surface area contributed by atoms with Crippen LogP contribution in [0.1, 0.15) is 36.3 Å². The van der Waals surface area contributed by atoms with Crippen LogP contribution in [0, 0.1) is 6.92 Å². The van der Waals surface area contributed by atoms with Gasteiger partial charge in [0, 0.05) is 36.4 Å². The van der Waals surface area contributed by atoms with Crippen molar-refractivity contribution in [1.29, 1.82) is 0 Å². The van der Waals surface area contributed by atoms with Gasteiger partial charge in [0.1, 0.15) is 5.82 Å². The van der Waals surface area contributed by atoms with E-state index >= 15 is 0 Å². The van der Waals surface area contributed by atoms with Crippen LogP contribution in [0.25, 0.3) is 0 Å². The standard InChI is InChI=1S/C16H22ClN3/c1-4-8-20-9-7-19-16(20)11-15(18-3)13-6-5-12(2)10-14(13)17/h5-7,9-10,15,18H,4,8,11H2,1-3H3. The van der Waals surface area contributed by atoms with Crippen LogP contribution in [0.15, 0.2) is 30.6 Å². The van der Waals surface area contributed by atoms with Crippen molar-refractivity contribution >= 4 is 11.6 Å². The van der Waals surface area contributed by atoms with Gasteiger partial charge in [0.05, 0.1) is 0 Å². The Hall–Kier alpha value is -1.32. The van der Waals surface area contributed by atoms with Gasteiger partial charge >= 0.3 is 0 Å². The topological polar surface area (TPSA) is 29.9 Å². The van der Waals surface area contributed by atoms with Gasteiger partial charge in [-0.2, -0.15) is 0 Å². The van der Waals surface area contributed by atoms with E-state index in [0.717, 1.165) is 35.8 Å². The summed E-state index contributed by atoms with van der Waals surface area (Å²) in [5.41, 5.74) is 2.31. The van der Waals surface area contributed by atoms with Gasteiger partial charge in [0.2, 0.25) is 0 Å². The molecule has 0 aliphatic heterocycles. The zero-order valence-electron chi connectivity index (χ0n) is 12.4. The Kier molecular flexibility index (Phi) is 5.21. The molecule has 2 rings (SSSR count). The monoisotopic (exact) mass is 291 g/mol. The molecule has 4 heteroatoms. The molecule has 0 fully saturated rings. The zero-order valence-corrected chi connectivity index (χ0v) is 13.1. The van der Waals surface area contributed by atoms with Crippen molar-refractivity contribution in [3.8, 4) is 0 Å². The van der Waals surface area contributed by atoms with E-state index < -0.39 is 0 Å². The fourth-order valence-electron chi connectivity index (χ4n) is 2.44. The minimum absolute atomic E-state index is 0.182. The number of halogens is 1. The number of nitrogens with zero attached hydrogens (tertiary/aromatic N) is 2. The van der Waals surface area contributed by atoms with Crippen molar-refractivity contribution in [3.63, 3.8) is 0 Å². The molecule has 1 N–H and O–H groups in total. The number of hydrogen-bond donors (Lipinski definition) is 1. The Morgan fingerprint density at radius 3 is 2.85 bits per heavy atom. The number of likely N-dealkylation sites (N-methyl/N-ethyl adjacent to an activating group) is 1. The van der Waals surface area contributed by atoms with E-state index in [0.29, 0.717) is 0 Å². The molecule has 1 unspecified atom stereocenters. The van der Waals surface area contributed by atoms with E-state index in [1.165, 1.54) is 5.56 Å². The maximum atomic E-state index is 6.38. The molecular formula is C16H22ClN3. The lowest BCUT2D eigenvalue weighted by molar-refractivity contribution is 0.543. The first kappa shape index (κ1) is 15.1. The first-order chi connectivity index (χ1) is 9.65. The molecule has 0 saturated heterocycles. The molecular weight excluding hydrogens is 270 g/mol. The SMILES string of the molecule is CCCn1ccnc1CC(NC)c1ccc(C)cc1Cl. The summed E-state index contributed by atoms with van der Waals surface area (Å²) in [5, 5.41) is 4.17. The van der Waals surface area contributed by atoms with E-state index in [4.69, 9.17) is 11.6 Å². The average Bonchev–Trinajstić information content (AvgIpc) is 2.84. The molecule has 0 aliphatic rings. The average molecular weight is 292 g/mol. The Morgan fingerprint density at radius 2 is 2.20 bits per heavy atom. The summed E-state index contributed by atoms with van der Waals surface area (Å²) in [6.07, 6.45) is 5.86. The predicted molar refractivity (Wildman–Crippen MR) is 84.2 cm³/mol. The summed E-state index contributed by atoms with van der Waals surface area (Å²) in [4.78, 5) is 4.48. The van der Waals surface area contributed by atoms with Crippen LogP contribution in [0.5, 0.6) is 0 Å². The molecule has 3 nitrogen and oxygen atoms in total. The van der Waals surface area contributed by atoms with Crippen molar-refractivity contribution in [2.24, 2.45) is 0 Å². The lowest BCUT2D eigenvalue weighted by Gasteiger charge is -2.19. The summed E-state index contributed by atoms with van der Waals surface area (Å²) in [5.74, 6) is 1.10. The van der Waals surface area contributed by atoms with E-state index in [9.17, 15) is 0 Å². The Balaban J connectivity index is 2.22. The van der Waals surface area contributed by atoms with Crippen molar-refractivity contribution in [1.82, 2.24) is 14.9 Å². The molecule has 108 valence electrons. The normalized spacial score (nSPS) is 12.6. The molecule has 0 saturated carbocycles. The maximum absolute atomic E-state index is 6.38. The zero-order chi connectivity index (χ0) is 14.5. The van der Waals surface area contributed by atoms with E-state index in [-0.39, 0.29) is 6.04 Å². The Bertz CT molecular complexity index is 563. The van der Waals surface area contributed by atoms with Crippen LogP contribution in [-0.4, -0.2) is 16.6 Å². The predicted octanol–water partition coefficient (Wildman–Crippen LogP) is 3.76. The maximum Gasteiger partial charge on any atom is 0.110 e. The number of aromatic nitrogens is 2. The number of rotatable bonds is 6. The minimum atomic E-state index is 0.182. The number of nitrogens with one attached hydrogen (secondary N) is 1. The van der Waals surface area contributed by atoms with Gasteiger partial charge < -0.3 is 9.88 Å². The molecule has 1 atom stereocenters. The lowest BCUT2D eigenvalue weighted by Crippen LogP contribution is -2.21. The fraction of sp³-hybridized carbons (Fsp3) is 0.438. The second kappa shape index (κ2) is 6.91. The largest absolute Gasteiger partial charge is 0.335 e. The van der Waals surface area contributed by atoms with Crippen LogP contribution >= 0.6 is 11.6 Å². The lowest BCUT2D eigenvalue weighted by atomic mass is 10.0. The minimum Gasteiger partial charge on any atom is -0.335 e. The van der Waals surface area contributed by atoms with E-state index in [1.54, 1.807) is 0 Å². The molecule has 0 aliphatic carbocycles. The van der Waals surface area contributed by atoms with E-state index in [1.807, 2.05) is 25.5 Å². The van der Waals surface area contributed by atoms with Gasteiger partial charge in [0.25, 0.3) is 0 Å². The molecule has 0 amide bonds. The quantitative estimate of drug-likeness (QED) is 0.878. The van der Waals surface area contributed by atoms with Crippen LogP contribution in [-0.2, 0) is 13.0 Å². The fourth-order valence-corrected chi connectivity index (χ4v) is 2.81. The molecule has 1 aromatic heterocycles. The van der Waals surface area contributed by atoms with Crippen LogP contribution < -0.4 is 5.32 Å². The second-order valence-corrected chi connectivity index (χ2v) is 5.51. The highest BCUT2D eigenvalue weighted by atomic mass is 35.5. The second-order valence-electron chi connectivity index (χ2n) is 5.11. The first-order valence-electron chi connectivity index (χ1n) is 7.09. The van der Waals surface area contributed by atoms with Gasteiger partial charge in [-0.25, -0.2) is 4.98 Å². The van der Waals surface area contributed by atoms with E-state index in [2.05, 4.69) is 40.8 Å². The number of aryl methyl sites for hydroxylation is 2. The first-order valence-corrected chi connectivity index (χ1v) is 7.46. The van der Waals surface area contributed by atoms with Crippen LogP contribution in [0.2, 0.25) is 5.02 Å². The third-order valence-corrected chi connectivity index (χ3v) is 3.86. The van der Waals surface area contributed by atoms with Crippen molar-refractivity contribution in [3.05, 3.63) is 52.6 Å². The van der Waals surface area contributed by atoms with Crippen LogP contribution in [0.3, 0.4) is 0 Å². The van der Waals surface area contributed by atoms with Gasteiger partial charge in [-0.1, -0.05) is 30.7 Å².